The molecule has 0 bridgehead atoms. The van der Waals surface area contributed by atoms with E-state index in [4.69, 9.17) is 16.0 Å². The summed E-state index contributed by atoms with van der Waals surface area (Å²) >= 11 is 5.99. The van der Waals surface area contributed by atoms with Crippen LogP contribution < -0.4 is 0 Å². The lowest BCUT2D eigenvalue weighted by Gasteiger charge is -2.35. The molecular formula is C26H26ClN3O2. The van der Waals surface area contributed by atoms with Crippen LogP contribution in [0.3, 0.4) is 0 Å². The lowest BCUT2D eigenvalue weighted by atomic mass is 10.1. The largest absolute Gasteiger partial charge is 0.463 e. The van der Waals surface area contributed by atoms with Gasteiger partial charge in [-0.3, -0.25) is 9.69 Å². The second-order valence-corrected chi connectivity index (χ2v) is 8.84. The lowest BCUT2D eigenvalue weighted by molar-refractivity contribution is 0.0619. The van der Waals surface area contributed by atoms with E-state index in [9.17, 15) is 4.79 Å². The third kappa shape index (κ3) is 4.18. The monoisotopic (exact) mass is 447 g/mol. The second-order valence-electron chi connectivity index (χ2n) is 8.41. The van der Waals surface area contributed by atoms with Crippen LogP contribution in [0.2, 0.25) is 5.02 Å². The number of carbonyl (C=O) groups is 1. The highest BCUT2D eigenvalue weighted by Gasteiger charge is 2.26. The minimum absolute atomic E-state index is 0.0659. The number of furan rings is 1. The maximum Gasteiger partial charge on any atom is 0.270 e. The molecule has 2 aromatic carbocycles. The number of piperazine rings is 1. The predicted molar refractivity (Wildman–Crippen MR) is 127 cm³/mol. The molecule has 2 aromatic heterocycles. The summed E-state index contributed by atoms with van der Waals surface area (Å²) in [5, 5.41) is 0.753. The summed E-state index contributed by atoms with van der Waals surface area (Å²) in [5.74, 6) is 0.0659. The number of hydrogen-bond acceptors (Lipinski definition) is 3. The quantitative estimate of drug-likeness (QED) is 0.422. The molecule has 1 amide bonds. The van der Waals surface area contributed by atoms with E-state index in [2.05, 4.69) is 40.7 Å². The number of halogens is 1. The summed E-state index contributed by atoms with van der Waals surface area (Å²) in [6, 6.07) is 20.1. The molecule has 0 unspecified atom stereocenters. The fourth-order valence-corrected chi connectivity index (χ4v) is 4.53. The minimum atomic E-state index is 0.0659. The van der Waals surface area contributed by atoms with Crippen LogP contribution in [0.1, 0.15) is 27.2 Å². The summed E-state index contributed by atoms with van der Waals surface area (Å²) in [4.78, 5) is 17.8. The molecule has 164 valence electrons. The zero-order valence-corrected chi connectivity index (χ0v) is 18.9. The number of hydrogen-bond donors (Lipinski definition) is 0. The Labute approximate surface area is 192 Å². The van der Waals surface area contributed by atoms with Crippen molar-refractivity contribution in [3.63, 3.8) is 0 Å². The van der Waals surface area contributed by atoms with Crippen molar-refractivity contribution in [1.29, 1.82) is 0 Å². The van der Waals surface area contributed by atoms with Crippen LogP contribution >= 0.6 is 11.6 Å². The summed E-state index contributed by atoms with van der Waals surface area (Å²) in [6.07, 6.45) is 1.68. The topological polar surface area (TPSA) is 41.6 Å². The highest BCUT2D eigenvalue weighted by Crippen LogP contribution is 2.25. The van der Waals surface area contributed by atoms with Crippen molar-refractivity contribution in [2.75, 3.05) is 26.2 Å². The average molecular weight is 448 g/mol. The van der Waals surface area contributed by atoms with Gasteiger partial charge in [0.2, 0.25) is 0 Å². The fourth-order valence-electron chi connectivity index (χ4n) is 4.40. The van der Waals surface area contributed by atoms with E-state index in [-0.39, 0.29) is 5.91 Å². The first-order valence-electron chi connectivity index (χ1n) is 11.0. The molecular weight excluding hydrogens is 422 g/mol. The molecule has 6 heteroatoms. The Kier molecular flexibility index (Phi) is 5.77. The molecule has 0 spiro atoms. The molecule has 0 aliphatic carbocycles. The molecule has 1 saturated heterocycles. The van der Waals surface area contributed by atoms with Crippen molar-refractivity contribution in [2.45, 2.75) is 20.0 Å². The number of aryl methyl sites for hydroxylation is 1. The first-order chi connectivity index (χ1) is 15.6. The van der Waals surface area contributed by atoms with Crippen LogP contribution in [-0.4, -0.2) is 46.5 Å². The van der Waals surface area contributed by atoms with Crippen LogP contribution in [0.15, 0.2) is 71.3 Å². The normalized spacial score (nSPS) is 14.9. The minimum Gasteiger partial charge on any atom is -0.463 e. The van der Waals surface area contributed by atoms with Crippen LogP contribution in [0.25, 0.3) is 11.1 Å². The predicted octanol–water partition coefficient (Wildman–Crippen LogP) is 5.20. The van der Waals surface area contributed by atoms with E-state index in [0.29, 0.717) is 25.3 Å². The summed E-state index contributed by atoms with van der Waals surface area (Å²) in [5.41, 5.74) is 6.05. The van der Waals surface area contributed by atoms with Gasteiger partial charge >= 0.3 is 0 Å². The smallest absolute Gasteiger partial charge is 0.270 e. The van der Waals surface area contributed by atoms with Crippen LogP contribution in [-0.2, 0) is 13.1 Å². The van der Waals surface area contributed by atoms with Crippen molar-refractivity contribution in [3.05, 3.63) is 94.3 Å². The third-order valence-corrected chi connectivity index (χ3v) is 6.56. The lowest BCUT2D eigenvalue weighted by Crippen LogP contribution is -2.48. The molecule has 1 fully saturated rings. The third-order valence-electron chi connectivity index (χ3n) is 6.31. The van der Waals surface area contributed by atoms with Gasteiger partial charge in [0.05, 0.1) is 11.8 Å². The van der Waals surface area contributed by atoms with Gasteiger partial charge in [0, 0.05) is 56.4 Å². The SMILES string of the molecule is Cc1ccccc1Cn1c(C(=O)N2CCN(Cc3ccc(Cl)cc3)CC2)cc2occc21. The van der Waals surface area contributed by atoms with E-state index in [1.807, 2.05) is 41.3 Å². The molecule has 32 heavy (non-hydrogen) atoms. The van der Waals surface area contributed by atoms with E-state index in [1.54, 1.807) is 6.26 Å². The van der Waals surface area contributed by atoms with Gasteiger partial charge in [-0.1, -0.05) is 48.0 Å². The van der Waals surface area contributed by atoms with Crippen LogP contribution in [0.4, 0.5) is 0 Å². The zero-order chi connectivity index (χ0) is 22.1. The number of rotatable bonds is 5. The molecule has 0 saturated carbocycles. The van der Waals surface area contributed by atoms with Gasteiger partial charge in [0.1, 0.15) is 5.69 Å². The molecule has 5 nitrogen and oxygen atoms in total. The van der Waals surface area contributed by atoms with Gasteiger partial charge in [-0.2, -0.15) is 0 Å². The fraction of sp³-hybridized carbons (Fsp3) is 0.269. The number of aromatic nitrogens is 1. The Morgan fingerprint density at radius 2 is 1.72 bits per heavy atom. The number of carbonyl (C=O) groups excluding carboxylic acids is 1. The molecule has 3 heterocycles. The average Bonchev–Trinajstić information content (AvgIpc) is 3.39. The summed E-state index contributed by atoms with van der Waals surface area (Å²) in [6.45, 7) is 6.74. The molecule has 1 aliphatic rings. The van der Waals surface area contributed by atoms with Gasteiger partial charge in [-0.15, -0.1) is 0 Å². The van der Waals surface area contributed by atoms with Gasteiger partial charge in [0.25, 0.3) is 5.91 Å². The Hall–Kier alpha value is -3.02. The van der Waals surface area contributed by atoms with E-state index in [0.717, 1.165) is 35.8 Å². The Bertz CT molecular complexity index is 1230. The number of nitrogens with zero attached hydrogens (tertiary/aromatic N) is 3. The van der Waals surface area contributed by atoms with E-state index >= 15 is 0 Å². The van der Waals surface area contributed by atoms with Crippen molar-refractivity contribution < 1.29 is 9.21 Å². The van der Waals surface area contributed by atoms with Crippen molar-refractivity contribution in [1.82, 2.24) is 14.4 Å². The van der Waals surface area contributed by atoms with Crippen LogP contribution in [0.5, 0.6) is 0 Å². The summed E-state index contributed by atoms with van der Waals surface area (Å²) < 4.78 is 7.71. The highest BCUT2D eigenvalue weighted by atomic mass is 35.5. The second kappa shape index (κ2) is 8.85. The molecule has 4 aromatic rings. The Balaban J connectivity index is 1.31. The van der Waals surface area contributed by atoms with Crippen molar-refractivity contribution >= 4 is 28.6 Å². The van der Waals surface area contributed by atoms with Gasteiger partial charge < -0.3 is 13.9 Å². The first kappa shape index (κ1) is 20.9. The maximum absolute atomic E-state index is 13.5. The van der Waals surface area contributed by atoms with Crippen molar-refractivity contribution in [3.8, 4) is 0 Å². The van der Waals surface area contributed by atoms with E-state index < -0.39 is 0 Å². The first-order valence-corrected chi connectivity index (χ1v) is 11.3. The van der Waals surface area contributed by atoms with E-state index in [1.165, 1.54) is 16.7 Å². The van der Waals surface area contributed by atoms with Gasteiger partial charge in [-0.25, -0.2) is 0 Å². The zero-order valence-electron chi connectivity index (χ0n) is 18.1. The Morgan fingerprint density at radius 3 is 2.47 bits per heavy atom. The molecule has 5 rings (SSSR count). The molecule has 1 aliphatic heterocycles. The van der Waals surface area contributed by atoms with Crippen molar-refractivity contribution in [2.24, 2.45) is 0 Å². The molecule has 0 N–H and O–H groups in total. The number of benzene rings is 2. The van der Waals surface area contributed by atoms with Gasteiger partial charge in [-0.05, 0) is 35.7 Å². The highest BCUT2D eigenvalue weighted by molar-refractivity contribution is 6.30. The molecule has 0 radical (unpaired) electrons. The summed E-state index contributed by atoms with van der Waals surface area (Å²) in [7, 11) is 0. The van der Waals surface area contributed by atoms with Gasteiger partial charge in [0.15, 0.2) is 5.58 Å². The number of amides is 1. The maximum atomic E-state index is 13.5. The standard InChI is InChI=1S/C26H26ClN3O2/c1-19-4-2-3-5-21(19)18-30-23-10-15-32-25(23)16-24(30)26(31)29-13-11-28(12-14-29)17-20-6-8-22(27)9-7-20/h2-10,15-16H,11-14,17-18H2,1H3. The molecule has 0 atom stereocenters. The number of fused-ring (bicyclic) bond motifs is 1. The van der Waals surface area contributed by atoms with Crippen LogP contribution in [0, 0.1) is 6.92 Å². The Morgan fingerprint density at radius 1 is 0.969 bits per heavy atom.